The van der Waals surface area contributed by atoms with Crippen molar-refractivity contribution in [1.29, 1.82) is 0 Å². The molecule has 174 valence electrons. The maximum absolute atomic E-state index is 13.0. The van der Waals surface area contributed by atoms with Gasteiger partial charge >= 0.3 is 0 Å². The molecule has 2 aromatic carbocycles. The van der Waals surface area contributed by atoms with Crippen molar-refractivity contribution in [2.24, 2.45) is 5.92 Å². The second-order valence-corrected chi connectivity index (χ2v) is 9.26. The van der Waals surface area contributed by atoms with Crippen LogP contribution in [0.3, 0.4) is 0 Å². The van der Waals surface area contributed by atoms with Crippen LogP contribution in [-0.2, 0) is 16.1 Å². The summed E-state index contributed by atoms with van der Waals surface area (Å²) in [4.78, 5) is 40.2. The van der Waals surface area contributed by atoms with Crippen molar-refractivity contribution < 1.29 is 14.4 Å². The lowest BCUT2D eigenvalue weighted by atomic mass is 9.88. The van der Waals surface area contributed by atoms with Crippen molar-refractivity contribution in [1.82, 2.24) is 10.2 Å². The minimum atomic E-state index is -0.371. The molecule has 1 heterocycles. The van der Waals surface area contributed by atoms with Crippen molar-refractivity contribution in [2.45, 2.75) is 64.5 Å². The number of hydrogen-bond donors (Lipinski definition) is 2. The average Bonchev–Trinajstić information content (AvgIpc) is 3.33. The Kier molecular flexibility index (Phi) is 7.43. The summed E-state index contributed by atoms with van der Waals surface area (Å²) in [7, 11) is 0. The van der Waals surface area contributed by atoms with E-state index in [0.29, 0.717) is 24.3 Å². The van der Waals surface area contributed by atoms with Gasteiger partial charge in [-0.2, -0.15) is 0 Å². The van der Waals surface area contributed by atoms with Crippen LogP contribution in [0, 0.1) is 12.8 Å². The molecule has 33 heavy (non-hydrogen) atoms. The van der Waals surface area contributed by atoms with Crippen LogP contribution < -0.4 is 10.6 Å². The van der Waals surface area contributed by atoms with Crippen molar-refractivity contribution >= 4 is 23.4 Å². The number of hydrogen-bond acceptors (Lipinski definition) is 3. The average molecular weight is 448 g/mol. The lowest BCUT2D eigenvalue weighted by Crippen LogP contribution is -2.47. The van der Waals surface area contributed by atoms with E-state index in [4.69, 9.17) is 0 Å². The van der Waals surface area contributed by atoms with Gasteiger partial charge in [-0.1, -0.05) is 49.1 Å². The molecule has 4 rings (SSSR count). The van der Waals surface area contributed by atoms with E-state index in [-0.39, 0.29) is 29.7 Å². The molecule has 0 radical (unpaired) electrons. The van der Waals surface area contributed by atoms with Gasteiger partial charge in [0, 0.05) is 30.3 Å². The highest BCUT2D eigenvalue weighted by Crippen LogP contribution is 2.29. The first-order valence-electron chi connectivity index (χ1n) is 12.1. The number of carbonyl (C=O) groups is 3. The van der Waals surface area contributed by atoms with E-state index in [1.165, 1.54) is 6.42 Å². The lowest BCUT2D eigenvalue weighted by molar-refractivity contribution is -0.142. The van der Waals surface area contributed by atoms with E-state index >= 15 is 0 Å². The quantitative estimate of drug-likeness (QED) is 0.687. The van der Waals surface area contributed by atoms with Crippen LogP contribution >= 0.6 is 0 Å². The maximum Gasteiger partial charge on any atom is 0.255 e. The number of amides is 3. The SMILES string of the molecule is Cc1ccc(C(=O)Nc2cccc(CNC(=O)C3CCCN3C(=O)C3CCCCC3)c2)cc1. The summed E-state index contributed by atoms with van der Waals surface area (Å²) in [6.07, 6.45) is 6.91. The van der Waals surface area contributed by atoms with Crippen molar-refractivity contribution in [3.05, 3.63) is 65.2 Å². The maximum atomic E-state index is 13.0. The van der Waals surface area contributed by atoms with Crippen LogP contribution in [0.15, 0.2) is 48.5 Å². The minimum absolute atomic E-state index is 0.0842. The van der Waals surface area contributed by atoms with Crippen LogP contribution in [0.25, 0.3) is 0 Å². The highest BCUT2D eigenvalue weighted by Gasteiger charge is 2.37. The Morgan fingerprint density at radius 2 is 1.70 bits per heavy atom. The van der Waals surface area contributed by atoms with Crippen molar-refractivity contribution in [2.75, 3.05) is 11.9 Å². The van der Waals surface area contributed by atoms with E-state index < -0.39 is 0 Å². The fourth-order valence-electron chi connectivity index (χ4n) is 4.86. The topological polar surface area (TPSA) is 78.5 Å². The summed E-state index contributed by atoms with van der Waals surface area (Å²) in [6, 6.07) is 14.5. The van der Waals surface area contributed by atoms with E-state index in [2.05, 4.69) is 10.6 Å². The number of nitrogens with zero attached hydrogens (tertiary/aromatic N) is 1. The van der Waals surface area contributed by atoms with Crippen molar-refractivity contribution in [3.8, 4) is 0 Å². The normalized spacial score (nSPS) is 18.7. The molecule has 6 heteroatoms. The molecule has 0 bridgehead atoms. The van der Waals surface area contributed by atoms with Gasteiger partial charge in [-0.15, -0.1) is 0 Å². The highest BCUT2D eigenvalue weighted by molar-refractivity contribution is 6.04. The number of nitrogens with one attached hydrogen (secondary N) is 2. The zero-order chi connectivity index (χ0) is 23.2. The molecule has 1 aliphatic heterocycles. The number of benzene rings is 2. The van der Waals surface area contributed by atoms with Crippen LogP contribution in [0.1, 0.15) is 66.4 Å². The fraction of sp³-hybridized carbons (Fsp3) is 0.444. The molecule has 1 aliphatic carbocycles. The molecule has 2 aromatic rings. The van der Waals surface area contributed by atoms with E-state index in [1.54, 1.807) is 12.1 Å². The predicted octanol–water partition coefficient (Wildman–Crippen LogP) is 4.43. The number of likely N-dealkylation sites (tertiary alicyclic amines) is 1. The summed E-state index contributed by atoms with van der Waals surface area (Å²) >= 11 is 0. The molecule has 2 fully saturated rings. The number of anilines is 1. The van der Waals surface area contributed by atoms with Crippen LogP contribution in [0.5, 0.6) is 0 Å². The third kappa shape index (κ3) is 5.81. The smallest absolute Gasteiger partial charge is 0.255 e. The summed E-state index contributed by atoms with van der Waals surface area (Å²) in [5, 5.41) is 5.92. The van der Waals surface area contributed by atoms with Crippen LogP contribution in [0.4, 0.5) is 5.69 Å². The Morgan fingerprint density at radius 1 is 0.939 bits per heavy atom. The van der Waals surface area contributed by atoms with Gasteiger partial charge in [0.2, 0.25) is 11.8 Å². The molecule has 1 atom stereocenters. The molecule has 0 aromatic heterocycles. The Balaban J connectivity index is 1.33. The summed E-state index contributed by atoms with van der Waals surface area (Å²) in [5.41, 5.74) is 3.28. The summed E-state index contributed by atoms with van der Waals surface area (Å²) in [5.74, 6) is -0.0149. The Bertz CT molecular complexity index is 996. The molecule has 2 N–H and O–H groups in total. The molecule has 6 nitrogen and oxygen atoms in total. The molecule has 1 unspecified atom stereocenters. The highest BCUT2D eigenvalue weighted by atomic mass is 16.2. The number of aryl methyl sites for hydroxylation is 1. The zero-order valence-corrected chi connectivity index (χ0v) is 19.3. The minimum Gasteiger partial charge on any atom is -0.350 e. The summed E-state index contributed by atoms with van der Waals surface area (Å²) in [6.45, 7) is 3.01. The van der Waals surface area contributed by atoms with E-state index in [0.717, 1.165) is 49.7 Å². The van der Waals surface area contributed by atoms with Crippen LogP contribution in [0.2, 0.25) is 0 Å². The van der Waals surface area contributed by atoms with Crippen LogP contribution in [-0.4, -0.2) is 35.2 Å². The monoisotopic (exact) mass is 447 g/mol. The first-order valence-corrected chi connectivity index (χ1v) is 12.1. The fourth-order valence-corrected chi connectivity index (χ4v) is 4.86. The Labute approximate surface area is 195 Å². The van der Waals surface area contributed by atoms with Gasteiger partial charge in [-0.25, -0.2) is 0 Å². The second-order valence-electron chi connectivity index (χ2n) is 9.26. The Hall–Kier alpha value is -3.15. The largest absolute Gasteiger partial charge is 0.350 e. The lowest BCUT2D eigenvalue weighted by Gasteiger charge is -2.30. The molecule has 0 spiro atoms. The number of rotatable bonds is 6. The van der Waals surface area contributed by atoms with Gasteiger partial charge in [-0.05, 0) is 62.4 Å². The standard InChI is InChI=1S/C27H33N3O3/c1-19-12-14-21(15-13-19)25(31)29-23-10-5-7-20(17-23)18-28-26(32)24-11-6-16-30(24)27(33)22-8-3-2-4-9-22/h5,7,10,12-15,17,22,24H,2-4,6,8-9,11,16,18H2,1H3,(H,28,32)(H,29,31). The predicted molar refractivity (Wildman–Crippen MR) is 129 cm³/mol. The molecular formula is C27H33N3O3. The van der Waals surface area contributed by atoms with Gasteiger partial charge in [0.15, 0.2) is 0 Å². The van der Waals surface area contributed by atoms with Gasteiger partial charge in [0.1, 0.15) is 6.04 Å². The first-order chi connectivity index (χ1) is 16.0. The first kappa shape index (κ1) is 23.0. The van der Waals surface area contributed by atoms with Gasteiger partial charge in [-0.3, -0.25) is 14.4 Å². The second kappa shape index (κ2) is 10.6. The molecule has 2 aliphatic rings. The zero-order valence-electron chi connectivity index (χ0n) is 19.3. The molecule has 3 amide bonds. The summed E-state index contributed by atoms with van der Waals surface area (Å²) < 4.78 is 0. The molecule has 1 saturated heterocycles. The van der Waals surface area contributed by atoms with Gasteiger partial charge < -0.3 is 15.5 Å². The molecular weight excluding hydrogens is 414 g/mol. The van der Waals surface area contributed by atoms with E-state index in [1.807, 2.05) is 48.2 Å². The molecule has 1 saturated carbocycles. The van der Waals surface area contributed by atoms with Crippen molar-refractivity contribution in [3.63, 3.8) is 0 Å². The van der Waals surface area contributed by atoms with E-state index in [9.17, 15) is 14.4 Å². The van der Waals surface area contributed by atoms with Gasteiger partial charge in [0.25, 0.3) is 5.91 Å². The van der Waals surface area contributed by atoms with Gasteiger partial charge in [0.05, 0.1) is 0 Å². The Morgan fingerprint density at radius 3 is 2.45 bits per heavy atom. The third-order valence-electron chi connectivity index (χ3n) is 6.76. The third-order valence-corrected chi connectivity index (χ3v) is 6.76. The number of carbonyl (C=O) groups excluding carboxylic acids is 3.